The van der Waals surface area contributed by atoms with Gasteiger partial charge in [0.25, 0.3) is 0 Å². The predicted molar refractivity (Wildman–Crippen MR) is 190 cm³/mol. The highest BCUT2D eigenvalue weighted by Gasteiger charge is 2.46. The number of rotatable bonds is 11. The van der Waals surface area contributed by atoms with Gasteiger partial charge < -0.3 is 35.3 Å². The first-order valence-corrected chi connectivity index (χ1v) is 18.3. The highest BCUT2D eigenvalue weighted by molar-refractivity contribution is 5.82. The zero-order valence-corrected chi connectivity index (χ0v) is 30.3. The van der Waals surface area contributed by atoms with Crippen molar-refractivity contribution in [2.24, 2.45) is 11.8 Å². The standard InChI is InChI=1S/C39H56N4O7/c1-6-48-34(45)22-41-38(47)40-21-26-11-17-30(18-12-26)37-49-33(25(2)35(50-37)29-15-13-27(24-44)14-16-29)23-43-31-10-8-7-9-28(31)19-20-32(43)36(46)42-39(3,4)5/h11-18,25,28,31-33,35,37,44H,6-10,19-24H2,1-5H3,(H,42,46)(H2,40,41,47)/t25-,28-,31-,32-,33+,35+,37+/m1/s1. The van der Waals surface area contributed by atoms with Crippen molar-refractivity contribution in [1.82, 2.24) is 20.9 Å². The maximum Gasteiger partial charge on any atom is 0.325 e. The van der Waals surface area contributed by atoms with E-state index in [2.05, 4.69) is 27.8 Å². The molecule has 274 valence electrons. The second kappa shape index (κ2) is 17.1. The van der Waals surface area contributed by atoms with Crippen LogP contribution in [0.15, 0.2) is 48.5 Å². The van der Waals surface area contributed by atoms with Crippen molar-refractivity contribution < 1.29 is 33.7 Å². The lowest BCUT2D eigenvalue weighted by molar-refractivity contribution is -0.278. The number of ether oxygens (including phenoxy) is 3. The highest BCUT2D eigenvalue weighted by atomic mass is 16.7. The number of likely N-dealkylation sites (tertiary alicyclic amines) is 1. The summed E-state index contributed by atoms with van der Waals surface area (Å²) in [7, 11) is 0. The lowest BCUT2D eigenvalue weighted by Gasteiger charge is -2.51. The molecule has 11 heteroatoms. The zero-order valence-electron chi connectivity index (χ0n) is 30.3. The molecule has 3 aliphatic rings. The van der Waals surface area contributed by atoms with Crippen molar-refractivity contribution in [3.8, 4) is 0 Å². The molecule has 0 bridgehead atoms. The molecule has 5 rings (SSSR count). The van der Waals surface area contributed by atoms with Crippen molar-refractivity contribution in [2.45, 2.75) is 122 Å². The first-order valence-electron chi connectivity index (χ1n) is 18.3. The largest absolute Gasteiger partial charge is 0.465 e. The van der Waals surface area contributed by atoms with Gasteiger partial charge in [-0.15, -0.1) is 0 Å². The molecule has 2 aliphatic heterocycles. The number of amides is 3. The molecule has 2 aromatic carbocycles. The van der Waals surface area contributed by atoms with Crippen LogP contribution in [0.2, 0.25) is 0 Å². The number of nitrogens with zero attached hydrogens (tertiary/aromatic N) is 1. The highest BCUT2D eigenvalue weighted by Crippen LogP contribution is 2.44. The van der Waals surface area contributed by atoms with Crippen molar-refractivity contribution in [2.75, 3.05) is 19.7 Å². The SMILES string of the molecule is CCOC(=O)CNC(=O)NCc1ccc([C@H]2O[C@@H](CN3[C@@H](C(=O)NC(C)(C)C)CC[C@H]4CCCC[C@H]43)[C@@H](C)[C@@H](c3ccc(CO)cc3)O2)cc1. The lowest BCUT2D eigenvalue weighted by Crippen LogP contribution is -2.61. The number of nitrogens with one attached hydrogen (secondary N) is 3. The molecule has 1 aliphatic carbocycles. The number of carbonyl (C=O) groups is 3. The van der Waals surface area contributed by atoms with E-state index >= 15 is 0 Å². The van der Waals surface area contributed by atoms with E-state index in [1.165, 1.54) is 19.3 Å². The van der Waals surface area contributed by atoms with E-state index in [1.54, 1.807) is 6.92 Å². The van der Waals surface area contributed by atoms with E-state index in [0.717, 1.165) is 41.5 Å². The summed E-state index contributed by atoms with van der Waals surface area (Å²) in [6.45, 7) is 10.9. The quantitative estimate of drug-likeness (QED) is 0.234. The molecular weight excluding hydrogens is 636 g/mol. The fourth-order valence-corrected chi connectivity index (χ4v) is 7.67. The Bertz CT molecular complexity index is 1430. The smallest absolute Gasteiger partial charge is 0.325 e. The van der Waals surface area contributed by atoms with Gasteiger partial charge in [-0.3, -0.25) is 14.5 Å². The maximum absolute atomic E-state index is 13.8. The van der Waals surface area contributed by atoms with Gasteiger partial charge in [0, 0.05) is 36.2 Å². The fraction of sp³-hybridized carbons (Fsp3) is 0.615. The summed E-state index contributed by atoms with van der Waals surface area (Å²) in [5.41, 5.74) is 3.26. The molecule has 7 atom stereocenters. The number of piperidine rings is 1. The molecule has 0 radical (unpaired) electrons. The number of aliphatic hydroxyl groups is 1. The molecule has 0 aromatic heterocycles. The minimum absolute atomic E-state index is 0.0156. The van der Waals surface area contributed by atoms with E-state index in [4.69, 9.17) is 14.2 Å². The molecule has 2 saturated heterocycles. The monoisotopic (exact) mass is 692 g/mol. The van der Waals surface area contributed by atoms with Crippen LogP contribution in [0.4, 0.5) is 4.79 Å². The summed E-state index contributed by atoms with van der Waals surface area (Å²) in [4.78, 5) is 40.0. The third-order valence-electron chi connectivity index (χ3n) is 10.2. The van der Waals surface area contributed by atoms with Gasteiger partial charge in [-0.2, -0.15) is 0 Å². The van der Waals surface area contributed by atoms with Crippen LogP contribution in [-0.4, -0.2) is 71.3 Å². The third kappa shape index (κ3) is 9.84. The molecule has 3 fully saturated rings. The molecule has 0 spiro atoms. The number of aliphatic hydroxyl groups excluding tert-OH is 1. The molecular formula is C39H56N4O7. The van der Waals surface area contributed by atoms with Gasteiger partial charge in [0.1, 0.15) is 6.54 Å². The number of esters is 1. The van der Waals surface area contributed by atoms with Crippen molar-refractivity contribution in [3.63, 3.8) is 0 Å². The first kappa shape index (κ1) is 37.7. The van der Waals surface area contributed by atoms with E-state index < -0.39 is 18.3 Å². The molecule has 1 saturated carbocycles. The Morgan fingerprint density at radius 3 is 2.26 bits per heavy atom. The second-order valence-electron chi connectivity index (χ2n) is 15.0. The van der Waals surface area contributed by atoms with Crippen molar-refractivity contribution >= 4 is 17.9 Å². The predicted octanol–water partition coefficient (Wildman–Crippen LogP) is 5.27. The van der Waals surface area contributed by atoms with E-state index in [1.807, 2.05) is 69.3 Å². The average molecular weight is 693 g/mol. The van der Waals surface area contributed by atoms with E-state index in [0.29, 0.717) is 18.5 Å². The third-order valence-corrected chi connectivity index (χ3v) is 10.2. The van der Waals surface area contributed by atoms with Gasteiger partial charge in [-0.1, -0.05) is 68.3 Å². The summed E-state index contributed by atoms with van der Waals surface area (Å²) >= 11 is 0. The van der Waals surface area contributed by atoms with Gasteiger partial charge >= 0.3 is 12.0 Å². The van der Waals surface area contributed by atoms with Crippen molar-refractivity contribution in [3.05, 3.63) is 70.8 Å². The lowest BCUT2D eigenvalue weighted by atomic mass is 9.75. The summed E-state index contributed by atoms with van der Waals surface area (Å²) < 4.78 is 18.4. The van der Waals surface area contributed by atoms with Crippen LogP contribution < -0.4 is 16.0 Å². The first-order chi connectivity index (χ1) is 24.0. The van der Waals surface area contributed by atoms with Crippen LogP contribution in [0.25, 0.3) is 0 Å². The van der Waals surface area contributed by atoms with Crippen LogP contribution in [0.5, 0.6) is 0 Å². The Kier molecular flexibility index (Phi) is 12.9. The second-order valence-corrected chi connectivity index (χ2v) is 15.0. The normalized spacial score (nSPS) is 27.1. The minimum Gasteiger partial charge on any atom is -0.465 e. The Morgan fingerprint density at radius 1 is 0.900 bits per heavy atom. The zero-order chi connectivity index (χ0) is 35.8. The van der Waals surface area contributed by atoms with Gasteiger partial charge in [0.2, 0.25) is 5.91 Å². The molecule has 4 N–H and O–H groups in total. The van der Waals surface area contributed by atoms with Crippen LogP contribution in [0.3, 0.4) is 0 Å². The van der Waals surface area contributed by atoms with Gasteiger partial charge in [0.15, 0.2) is 6.29 Å². The summed E-state index contributed by atoms with van der Waals surface area (Å²) in [5, 5.41) is 18.2. The number of urea groups is 1. The Hall–Kier alpha value is -3.51. The maximum atomic E-state index is 13.8. The Morgan fingerprint density at radius 2 is 1.58 bits per heavy atom. The molecule has 0 unspecified atom stereocenters. The number of carbonyl (C=O) groups excluding carboxylic acids is 3. The number of hydrogen-bond donors (Lipinski definition) is 4. The van der Waals surface area contributed by atoms with Gasteiger partial charge in [0.05, 0.1) is 31.5 Å². The van der Waals surface area contributed by atoms with Crippen LogP contribution >= 0.6 is 0 Å². The molecule has 11 nitrogen and oxygen atoms in total. The van der Waals surface area contributed by atoms with Crippen LogP contribution in [0, 0.1) is 11.8 Å². The Balaban J connectivity index is 1.35. The number of fused-ring (bicyclic) bond motifs is 1. The van der Waals surface area contributed by atoms with Gasteiger partial charge in [-0.05, 0) is 76.0 Å². The summed E-state index contributed by atoms with van der Waals surface area (Å²) in [5.74, 6) is 0.173. The van der Waals surface area contributed by atoms with Gasteiger partial charge in [-0.25, -0.2) is 4.79 Å². The molecule has 2 aromatic rings. The number of benzene rings is 2. The van der Waals surface area contributed by atoms with Crippen molar-refractivity contribution in [1.29, 1.82) is 0 Å². The molecule has 3 amide bonds. The molecule has 2 heterocycles. The number of hydrogen-bond acceptors (Lipinski definition) is 8. The Labute approximate surface area is 296 Å². The van der Waals surface area contributed by atoms with E-state index in [9.17, 15) is 19.5 Å². The van der Waals surface area contributed by atoms with E-state index in [-0.39, 0.29) is 61.9 Å². The average Bonchev–Trinajstić information content (AvgIpc) is 3.10. The summed E-state index contributed by atoms with van der Waals surface area (Å²) in [6.07, 6.45) is 5.49. The summed E-state index contributed by atoms with van der Waals surface area (Å²) in [6, 6.07) is 15.3. The van der Waals surface area contributed by atoms with Crippen LogP contribution in [-0.2, 0) is 37.0 Å². The fourth-order valence-electron chi connectivity index (χ4n) is 7.67. The molecule has 50 heavy (non-hydrogen) atoms. The topological polar surface area (TPSA) is 138 Å². The van der Waals surface area contributed by atoms with Crippen LogP contribution in [0.1, 0.15) is 108 Å². The minimum atomic E-state index is -0.651.